The lowest BCUT2D eigenvalue weighted by molar-refractivity contribution is 0.276. The molecule has 0 aliphatic heterocycles. The van der Waals surface area contributed by atoms with Crippen molar-refractivity contribution in [1.29, 1.82) is 0 Å². The number of hydrogen-bond donors (Lipinski definition) is 0. The fraction of sp³-hybridized carbons (Fsp3) is 0.222. The Balaban J connectivity index is 3.13. The normalized spacial score (nSPS) is 13.6. The van der Waals surface area contributed by atoms with Gasteiger partial charge in [0.15, 0.2) is 0 Å². The summed E-state index contributed by atoms with van der Waals surface area (Å²) in [5.41, 5.74) is 0. The van der Waals surface area contributed by atoms with E-state index in [4.69, 9.17) is 11.6 Å². The van der Waals surface area contributed by atoms with Gasteiger partial charge in [-0.1, -0.05) is 23.4 Å². The molecule has 0 fully saturated rings. The van der Waals surface area contributed by atoms with Gasteiger partial charge in [-0.2, -0.15) is 8.42 Å². The van der Waals surface area contributed by atoms with Crippen LogP contribution < -0.4 is 0 Å². The Morgan fingerprint density at radius 1 is 1.35 bits per heavy atom. The van der Waals surface area contributed by atoms with E-state index in [2.05, 4.69) is 3.77 Å². The molecule has 0 spiro atoms. The Bertz CT molecular complexity index is 551. The highest BCUT2D eigenvalue weighted by Crippen LogP contribution is 2.17. The van der Waals surface area contributed by atoms with Crippen LogP contribution in [0.1, 0.15) is 0 Å². The van der Waals surface area contributed by atoms with Gasteiger partial charge in [0.2, 0.25) is 0 Å². The Morgan fingerprint density at radius 2 is 1.88 bits per heavy atom. The van der Waals surface area contributed by atoms with Gasteiger partial charge >= 0.3 is 0 Å². The predicted octanol–water partition coefficient (Wildman–Crippen LogP) is 2.94. The molecule has 1 unspecified atom stereocenters. The van der Waals surface area contributed by atoms with E-state index in [-0.39, 0.29) is 9.34 Å². The second-order valence-electron chi connectivity index (χ2n) is 2.94. The number of halogens is 1. The predicted molar refractivity (Wildman–Crippen MR) is 73.3 cm³/mol. The standard InChI is InChI=1S/C9H10ClNO3S3/c1-15-9(12)16(2)11-17(13,14)8-5-3-7(10)4-6-8/h3-6H,1-2H3. The molecule has 0 aliphatic rings. The van der Waals surface area contributed by atoms with Crippen molar-refractivity contribution in [3.8, 4) is 0 Å². The largest absolute Gasteiger partial charge is 0.288 e. The maximum absolute atomic E-state index is 11.8. The molecule has 17 heavy (non-hydrogen) atoms. The van der Waals surface area contributed by atoms with Gasteiger partial charge in [-0.3, -0.25) is 4.79 Å². The first-order valence-electron chi connectivity index (χ1n) is 4.34. The number of carbonyl (C=O) groups is 1. The van der Waals surface area contributed by atoms with Crippen LogP contribution >= 0.6 is 23.4 Å². The average molecular weight is 312 g/mol. The number of hydrogen-bond acceptors (Lipinski definition) is 4. The molecule has 1 aromatic rings. The lowest BCUT2D eigenvalue weighted by Crippen LogP contribution is -2.03. The van der Waals surface area contributed by atoms with E-state index in [0.717, 1.165) is 11.8 Å². The molecule has 0 saturated carbocycles. The molecular weight excluding hydrogens is 302 g/mol. The van der Waals surface area contributed by atoms with E-state index in [9.17, 15) is 13.2 Å². The summed E-state index contributed by atoms with van der Waals surface area (Å²) in [6.07, 6.45) is 3.07. The Hall–Kier alpha value is -0.370. The number of thioether (sulfide) groups is 1. The highest BCUT2D eigenvalue weighted by molar-refractivity contribution is 8.33. The Morgan fingerprint density at radius 3 is 2.35 bits per heavy atom. The van der Waals surface area contributed by atoms with Crippen molar-refractivity contribution in [2.75, 3.05) is 12.5 Å². The molecule has 8 heteroatoms. The Labute approximate surface area is 112 Å². The van der Waals surface area contributed by atoms with E-state index < -0.39 is 20.7 Å². The van der Waals surface area contributed by atoms with E-state index >= 15 is 0 Å². The molecule has 0 aliphatic carbocycles. The zero-order chi connectivity index (χ0) is 13.1. The molecule has 1 atom stereocenters. The van der Waals surface area contributed by atoms with Gasteiger partial charge in [-0.25, -0.2) is 0 Å². The third-order valence-electron chi connectivity index (χ3n) is 1.73. The SMILES string of the molecule is CSC(=O)S(C)=NS(=O)(=O)c1ccc(Cl)cc1. The molecule has 0 saturated heterocycles. The van der Waals surface area contributed by atoms with E-state index in [1.54, 1.807) is 6.26 Å². The first-order valence-corrected chi connectivity index (χ1v) is 8.97. The molecule has 0 radical (unpaired) electrons. The highest BCUT2D eigenvalue weighted by Gasteiger charge is 2.14. The summed E-state index contributed by atoms with van der Waals surface area (Å²) in [6, 6.07) is 5.66. The third-order valence-corrected chi connectivity index (χ3v) is 6.57. The summed E-state index contributed by atoms with van der Waals surface area (Å²) in [7, 11) is -4.95. The van der Waals surface area contributed by atoms with Gasteiger partial charge < -0.3 is 0 Å². The zero-order valence-electron chi connectivity index (χ0n) is 9.08. The topological polar surface area (TPSA) is 63.6 Å². The van der Waals surface area contributed by atoms with Crippen molar-refractivity contribution in [3.63, 3.8) is 0 Å². The van der Waals surface area contributed by atoms with Gasteiger partial charge in [0.1, 0.15) is 0 Å². The van der Waals surface area contributed by atoms with E-state index in [0.29, 0.717) is 5.02 Å². The van der Waals surface area contributed by atoms with Crippen LogP contribution in [0.25, 0.3) is 0 Å². The summed E-state index contributed by atoms with van der Waals surface area (Å²) in [6.45, 7) is 0. The van der Waals surface area contributed by atoms with Crippen molar-refractivity contribution in [2.45, 2.75) is 4.90 Å². The minimum Gasteiger partial charge on any atom is -0.273 e. The van der Waals surface area contributed by atoms with Gasteiger partial charge in [-0.15, -0.1) is 3.77 Å². The summed E-state index contributed by atoms with van der Waals surface area (Å²) in [5, 5.41) is 0.444. The lowest BCUT2D eigenvalue weighted by Gasteiger charge is -2.01. The first-order chi connectivity index (χ1) is 7.86. The second-order valence-corrected chi connectivity index (χ2v) is 7.75. The average Bonchev–Trinajstić information content (AvgIpc) is 2.27. The van der Waals surface area contributed by atoms with Crippen LogP contribution in [0.5, 0.6) is 0 Å². The van der Waals surface area contributed by atoms with Gasteiger partial charge in [0, 0.05) is 11.3 Å². The molecule has 0 amide bonds. The summed E-state index contributed by atoms with van der Waals surface area (Å²) >= 11 is 6.62. The van der Waals surface area contributed by atoms with Crippen LogP contribution in [0.4, 0.5) is 4.79 Å². The molecule has 0 bridgehead atoms. The number of carbonyl (C=O) groups excluding carboxylic acids is 1. The smallest absolute Gasteiger partial charge is 0.273 e. The van der Waals surface area contributed by atoms with Crippen LogP contribution in [-0.4, -0.2) is 25.4 Å². The molecule has 0 heterocycles. The minimum absolute atomic E-state index is 0.0372. The molecule has 0 N–H and O–H groups in total. The molecule has 4 nitrogen and oxygen atoms in total. The highest BCUT2D eigenvalue weighted by atomic mass is 35.5. The van der Waals surface area contributed by atoms with Crippen LogP contribution in [-0.2, 0) is 20.7 Å². The Kier molecular flexibility index (Phi) is 5.18. The summed E-state index contributed by atoms with van der Waals surface area (Å²) in [5.74, 6) is 0. The third kappa shape index (κ3) is 4.09. The molecule has 94 valence electrons. The number of rotatable bonds is 2. The second kappa shape index (κ2) is 5.99. The lowest BCUT2D eigenvalue weighted by atomic mass is 10.4. The first kappa shape index (κ1) is 14.7. The molecular formula is C9H10ClNO3S3. The molecule has 0 aromatic heterocycles. The minimum atomic E-state index is -3.79. The van der Waals surface area contributed by atoms with Gasteiger partial charge in [0.05, 0.1) is 4.90 Å². The van der Waals surface area contributed by atoms with Crippen LogP contribution in [0, 0.1) is 0 Å². The number of benzene rings is 1. The quantitative estimate of drug-likeness (QED) is 0.842. The van der Waals surface area contributed by atoms with Gasteiger partial charge in [0.25, 0.3) is 14.5 Å². The van der Waals surface area contributed by atoms with Crippen molar-refractivity contribution in [3.05, 3.63) is 29.3 Å². The number of sulfonamides is 1. The van der Waals surface area contributed by atoms with Gasteiger partial charge in [-0.05, 0) is 41.2 Å². The van der Waals surface area contributed by atoms with Crippen molar-refractivity contribution < 1.29 is 13.2 Å². The van der Waals surface area contributed by atoms with Crippen LogP contribution in [0.15, 0.2) is 32.9 Å². The van der Waals surface area contributed by atoms with Crippen molar-refractivity contribution in [2.24, 2.45) is 3.77 Å². The fourth-order valence-corrected chi connectivity index (χ4v) is 4.56. The van der Waals surface area contributed by atoms with Crippen LogP contribution in [0.3, 0.4) is 0 Å². The van der Waals surface area contributed by atoms with Crippen LogP contribution in [0.2, 0.25) is 5.02 Å². The monoisotopic (exact) mass is 311 g/mol. The van der Waals surface area contributed by atoms with E-state index in [1.165, 1.54) is 30.5 Å². The maximum Gasteiger partial charge on any atom is 0.288 e. The van der Waals surface area contributed by atoms with Crippen molar-refractivity contribution >= 4 is 48.5 Å². The summed E-state index contributed by atoms with van der Waals surface area (Å²) < 4.78 is 26.9. The molecule has 1 aromatic carbocycles. The maximum atomic E-state index is 11.8. The van der Waals surface area contributed by atoms with E-state index in [1.807, 2.05) is 0 Å². The summed E-state index contributed by atoms with van der Waals surface area (Å²) in [4.78, 5) is 11.3. The zero-order valence-corrected chi connectivity index (χ0v) is 12.3. The molecule has 1 rings (SSSR count). The number of nitrogens with zero attached hydrogens (tertiary/aromatic N) is 1. The fourth-order valence-electron chi connectivity index (χ4n) is 0.948. The van der Waals surface area contributed by atoms with Crippen molar-refractivity contribution in [1.82, 2.24) is 0 Å².